The minimum absolute atomic E-state index is 0.0385. The second-order valence-electron chi connectivity index (χ2n) is 12.0. The molecular weight excluding hydrogens is 609 g/mol. The van der Waals surface area contributed by atoms with Gasteiger partial charge in [-0.05, 0) is 68.9 Å². The van der Waals surface area contributed by atoms with Crippen molar-refractivity contribution in [3.8, 4) is 5.75 Å². The van der Waals surface area contributed by atoms with E-state index in [1.807, 2.05) is 6.92 Å². The first-order valence-corrected chi connectivity index (χ1v) is 15.7. The lowest BCUT2D eigenvalue weighted by Crippen LogP contribution is -2.40. The molecule has 45 heavy (non-hydrogen) atoms. The molecule has 1 fully saturated rings. The summed E-state index contributed by atoms with van der Waals surface area (Å²) in [6.07, 6.45) is 0.269. The highest BCUT2D eigenvalue weighted by molar-refractivity contribution is 7.86. The van der Waals surface area contributed by atoms with Gasteiger partial charge in [0.2, 0.25) is 11.5 Å². The van der Waals surface area contributed by atoms with Crippen LogP contribution in [0.5, 0.6) is 5.75 Å². The lowest BCUT2D eigenvalue weighted by molar-refractivity contribution is -0.150. The average molecular weight is 642 g/mol. The third-order valence-electron chi connectivity index (χ3n) is 8.84. The van der Waals surface area contributed by atoms with Crippen LogP contribution in [0.25, 0.3) is 0 Å². The van der Waals surface area contributed by atoms with Crippen molar-refractivity contribution in [1.29, 1.82) is 0 Å². The monoisotopic (exact) mass is 641 g/mol. The van der Waals surface area contributed by atoms with Crippen molar-refractivity contribution < 1.29 is 41.6 Å². The Hall–Kier alpha value is -4.43. The van der Waals surface area contributed by atoms with E-state index in [0.717, 1.165) is 10.1 Å². The van der Waals surface area contributed by atoms with Crippen molar-refractivity contribution in [3.05, 3.63) is 86.8 Å². The fourth-order valence-corrected chi connectivity index (χ4v) is 7.13. The van der Waals surface area contributed by atoms with E-state index in [9.17, 15) is 42.2 Å². The van der Waals surface area contributed by atoms with E-state index in [4.69, 9.17) is 4.18 Å². The van der Waals surface area contributed by atoms with Crippen LogP contribution in [-0.2, 0) is 42.4 Å². The Bertz CT molecular complexity index is 1860. The Balaban J connectivity index is 1.50. The number of fused-ring (bicyclic) bond motifs is 2. The first-order valence-electron chi connectivity index (χ1n) is 14.3. The molecule has 2 aliphatic heterocycles. The minimum atomic E-state index is -4.17. The molecule has 3 N–H and O–H groups in total. The Morgan fingerprint density at radius 2 is 1.73 bits per heavy atom. The molecule has 3 heterocycles. The molecule has 1 aromatic heterocycles. The van der Waals surface area contributed by atoms with Gasteiger partial charge in [0.25, 0.3) is 21.6 Å². The Kier molecular flexibility index (Phi) is 8.40. The van der Waals surface area contributed by atoms with E-state index < -0.39 is 67.8 Å². The molecule has 3 aromatic rings. The normalized spacial score (nSPS) is 20.7. The topological polar surface area (TPSA) is 182 Å². The predicted octanol–water partition coefficient (Wildman–Crippen LogP) is 2.90. The van der Waals surface area contributed by atoms with Gasteiger partial charge in [0.1, 0.15) is 11.6 Å². The largest absolute Gasteiger partial charge is 0.501 e. The molecule has 238 valence electrons. The number of amides is 1. The van der Waals surface area contributed by atoms with Crippen LogP contribution < -0.4 is 10.9 Å². The number of aryl methyl sites for hydroxylation is 2. The number of aliphatic carboxylic acids is 1. The van der Waals surface area contributed by atoms with Gasteiger partial charge in [-0.1, -0.05) is 29.8 Å². The molecule has 3 aliphatic rings. The number of ketones is 1. The van der Waals surface area contributed by atoms with Crippen molar-refractivity contribution in [2.24, 2.45) is 5.41 Å². The number of benzene rings is 2. The van der Waals surface area contributed by atoms with Crippen molar-refractivity contribution in [2.75, 3.05) is 6.61 Å². The summed E-state index contributed by atoms with van der Waals surface area (Å²) in [6, 6.07) is 10.3. The molecular formula is C31H32FN3O9S. The van der Waals surface area contributed by atoms with Crippen molar-refractivity contribution in [2.45, 2.75) is 69.4 Å². The molecule has 1 amide bonds. The Morgan fingerprint density at radius 1 is 1.07 bits per heavy atom. The fourth-order valence-electron chi connectivity index (χ4n) is 6.12. The van der Waals surface area contributed by atoms with Crippen LogP contribution in [0.4, 0.5) is 4.39 Å². The number of halogens is 1. The van der Waals surface area contributed by atoms with Crippen LogP contribution in [-0.4, -0.2) is 52.4 Å². The van der Waals surface area contributed by atoms with Gasteiger partial charge in [-0.3, -0.25) is 23.1 Å². The number of aromatic nitrogens is 2. The Labute approximate surface area is 258 Å². The maximum atomic E-state index is 13.7. The van der Waals surface area contributed by atoms with Gasteiger partial charge in [-0.25, -0.2) is 14.2 Å². The summed E-state index contributed by atoms with van der Waals surface area (Å²) in [4.78, 5) is 55.3. The number of carboxylic acid groups (broad SMARTS) is 1. The average Bonchev–Trinajstić information content (AvgIpc) is 3.22. The van der Waals surface area contributed by atoms with E-state index >= 15 is 0 Å². The number of hydrogen-bond donors (Lipinski definition) is 3. The lowest BCUT2D eigenvalue weighted by Gasteiger charge is -2.41. The summed E-state index contributed by atoms with van der Waals surface area (Å²) < 4.78 is 46.2. The molecule has 0 radical (unpaired) electrons. The molecule has 14 heteroatoms. The van der Waals surface area contributed by atoms with E-state index in [-0.39, 0.29) is 56.1 Å². The number of aromatic hydroxyl groups is 1. The van der Waals surface area contributed by atoms with Crippen molar-refractivity contribution in [3.63, 3.8) is 0 Å². The fraction of sp³-hybridized carbons (Fsp3) is 0.387. The number of carbonyl (C=O) groups excluding carboxylic acids is 2. The number of Topliss-reactive ketones (excluding diaryl/α,β-unsaturated/α-hetero) is 1. The van der Waals surface area contributed by atoms with Crippen LogP contribution in [0.15, 0.2) is 52.2 Å². The van der Waals surface area contributed by atoms with Gasteiger partial charge in [-0.2, -0.15) is 8.42 Å². The summed E-state index contributed by atoms with van der Waals surface area (Å²) in [5.74, 6) is -5.11. The van der Waals surface area contributed by atoms with Gasteiger partial charge >= 0.3 is 5.97 Å². The summed E-state index contributed by atoms with van der Waals surface area (Å²) in [6.45, 7) is 2.83. The summed E-state index contributed by atoms with van der Waals surface area (Å²) >= 11 is 0. The number of hydrogen-bond acceptors (Lipinski definition) is 9. The molecule has 12 nitrogen and oxygen atoms in total. The predicted molar refractivity (Wildman–Crippen MR) is 157 cm³/mol. The van der Waals surface area contributed by atoms with E-state index in [1.165, 1.54) is 30.3 Å². The van der Waals surface area contributed by atoms with E-state index in [0.29, 0.717) is 11.1 Å². The highest BCUT2D eigenvalue weighted by atomic mass is 32.2. The second kappa shape index (κ2) is 11.8. The van der Waals surface area contributed by atoms with Crippen molar-refractivity contribution >= 4 is 27.8 Å². The molecule has 1 saturated carbocycles. The summed E-state index contributed by atoms with van der Waals surface area (Å²) in [7, 11) is -4.17. The van der Waals surface area contributed by atoms with E-state index in [2.05, 4.69) is 10.3 Å². The number of carboxylic acids is 1. The van der Waals surface area contributed by atoms with Crippen LogP contribution in [0, 0.1) is 25.1 Å². The first-order chi connectivity index (χ1) is 21.2. The standard InChI is InChI=1S/C31H32FN3O9S/c1-18-3-6-21(7-4-18)45(42,43)44-17-30-9-11-31(12-10-30,14-23(36)28(40)41)29-34-24(25(37)27(39)35(29)16-30)26(38)33-15-20-5-8-22(32)19(2)13-20/h3-8,13,37H,9-12,14-17H2,1-2H3,(H,33,38)(H,40,41). The summed E-state index contributed by atoms with van der Waals surface area (Å²) in [5.41, 5.74) is -2.05. The van der Waals surface area contributed by atoms with Crippen LogP contribution in [0.1, 0.15) is 65.1 Å². The lowest BCUT2D eigenvalue weighted by atomic mass is 9.63. The molecule has 2 bridgehead atoms. The zero-order valence-electron chi connectivity index (χ0n) is 24.6. The van der Waals surface area contributed by atoms with Gasteiger partial charge in [0.05, 0.1) is 11.5 Å². The van der Waals surface area contributed by atoms with Crippen LogP contribution in [0.3, 0.4) is 0 Å². The number of rotatable bonds is 10. The molecule has 2 aromatic carbocycles. The molecule has 0 atom stereocenters. The maximum Gasteiger partial charge on any atom is 0.372 e. The van der Waals surface area contributed by atoms with Gasteiger partial charge in [-0.15, -0.1) is 0 Å². The van der Waals surface area contributed by atoms with Gasteiger partial charge in [0.15, 0.2) is 5.69 Å². The quantitative estimate of drug-likeness (QED) is 0.220. The smallest absolute Gasteiger partial charge is 0.372 e. The van der Waals surface area contributed by atoms with Crippen LogP contribution in [0.2, 0.25) is 0 Å². The summed E-state index contributed by atoms with van der Waals surface area (Å²) in [5, 5.41) is 22.8. The SMILES string of the molecule is Cc1ccc(S(=O)(=O)OCC23CCC(CC(=O)C(=O)O)(CC2)c2nc(C(=O)NCc4ccc(F)c(C)c4)c(O)c(=O)n2C3)cc1. The highest BCUT2D eigenvalue weighted by Crippen LogP contribution is 2.52. The second-order valence-corrected chi connectivity index (χ2v) is 13.6. The Morgan fingerprint density at radius 3 is 2.36 bits per heavy atom. The van der Waals surface area contributed by atoms with E-state index in [1.54, 1.807) is 19.1 Å². The zero-order chi connectivity index (χ0) is 32.7. The zero-order valence-corrected chi connectivity index (χ0v) is 25.4. The first kappa shape index (κ1) is 32.0. The molecule has 1 aliphatic carbocycles. The maximum absolute atomic E-state index is 13.7. The number of nitrogens with zero attached hydrogens (tertiary/aromatic N) is 2. The third kappa shape index (κ3) is 6.25. The number of nitrogens with one attached hydrogen (secondary N) is 1. The minimum Gasteiger partial charge on any atom is -0.501 e. The van der Waals surface area contributed by atoms with Gasteiger partial charge in [0, 0.05) is 30.3 Å². The highest BCUT2D eigenvalue weighted by Gasteiger charge is 2.52. The van der Waals surface area contributed by atoms with Crippen LogP contribution >= 0.6 is 0 Å². The number of carbonyl (C=O) groups is 3. The van der Waals surface area contributed by atoms with Crippen molar-refractivity contribution in [1.82, 2.24) is 14.9 Å². The molecule has 0 saturated heterocycles. The molecule has 6 rings (SSSR count). The molecule has 0 spiro atoms. The van der Waals surface area contributed by atoms with Gasteiger partial charge < -0.3 is 15.5 Å². The third-order valence-corrected chi connectivity index (χ3v) is 10.1. The molecule has 0 unspecified atom stereocenters.